The molecule has 2 N–H and O–H groups in total. The lowest BCUT2D eigenvalue weighted by Crippen LogP contribution is -3.13. The molecule has 1 aliphatic heterocycles. The molecule has 0 saturated carbocycles. The highest BCUT2D eigenvalue weighted by molar-refractivity contribution is 7.80. The third kappa shape index (κ3) is 4.52. The SMILES string of the molecule is Cc1cccc(C[NH+]2CCN(C(=S)Nc3ccc(F)cc3)CC2)c1. The van der Waals surface area contributed by atoms with Crippen LogP contribution in [0, 0.1) is 12.7 Å². The smallest absolute Gasteiger partial charge is 0.173 e. The van der Waals surface area contributed by atoms with E-state index in [1.54, 1.807) is 17.0 Å². The van der Waals surface area contributed by atoms with Gasteiger partial charge in [0, 0.05) is 11.3 Å². The van der Waals surface area contributed by atoms with E-state index < -0.39 is 0 Å². The fourth-order valence-electron chi connectivity index (χ4n) is 3.05. The van der Waals surface area contributed by atoms with Crippen molar-refractivity contribution in [3.8, 4) is 0 Å². The molecule has 3 rings (SSSR count). The van der Waals surface area contributed by atoms with E-state index in [1.807, 2.05) is 0 Å². The molecule has 126 valence electrons. The first kappa shape index (κ1) is 16.9. The van der Waals surface area contributed by atoms with Gasteiger partial charge in [-0.05, 0) is 43.4 Å². The number of quaternary nitrogens is 1. The predicted octanol–water partition coefficient (Wildman–Crippen LogP) is 2.23. The highest BCUT2D eigenvalue weighted by atomic mass is 32.1. The van der Waals surface area contributed by atoms with Crippen molar-refractivity contribution in [3.63, 3.8) is 0 Å². The van der Waals surface area contributed by atoms with Gasteiger partial charge in [0.2, 0.25) is 0 Å². The maximum atomic E-state index is 13.0. The molecular weight excluding hydrogens is 321 g/mol. The summed E-state index contributed by atoms with van der Waals surface area (Å²) >= 11 is 5.49. The fourth-order valence-corrected chi connectivity index (χ4v) is 3.35. The third-order valence-corrected chi connectivity index (χ3v) is 4.75. The summed E-state index contributed by atoms with van der Waals surface area (Å²) < 4.78 is 13.0. The summed E-state index contributed by atoms with van der Waals surface area (Å²) in [6.07, 6.45) is 0. The highest BCUT2D eigenvalue weighted by Gasteiger charge is 2.21. The van der Waals surface area contributed by atoms with Gasteiger partial charge in [-0.2, -0.15) is 0 Å². The van der Waals surface area contributed by atoms with Crippen LogP contribution in [0.25, 0.3) is 0 Å². The Morgan fingerprint density at radius 2 is 1.88 bits per heavy atom. The average molecular weight is 344 g/mol. The van der Waals surface area contributed by atoms with Gasteiger partial charge in [0.25, 0.3) is 0 Å². The standard InChI is InChI=1S/C19H22FN3S/c1-15-3-2-4-16(13-15)14-22-9-11-23(12-10-22)19(24)21-18-7-5-17(20)6-8-18/h2-8,13H,9-12,14H2,1H3,(H,21,24)/p+1. The summed E-state index contributed by atoms with van der Waals surface area (Å²) in [5, 5.41) is 3.91. The Labute approximate surface area is 148 Å². The predicted molar refractivity (Wildman–Crippen MR) is 99.8 cm³/mol. The van der Waals surface area contributed by atoms with Crippen LogP contribution in [0.1, 0.15) is 11.1 Å². The van der Waals surface area contributed by atoms with Crippen LogP contribution in [0.15, 0.2) is 48.5 Å². The molecule has 0 bridgehead atoms. The molecule has 1 heterocycles. The van der Waals surface area contributed by atoms with E-state index >= 15 is 0 Å². The molecule has 1 saturated heterocycles. The van der Waals surface area contributed by atoms with E-state index in [9.17, 15) is 4.39 Å². The number of nitrogens with zero attached hydrogens (tertiary/aromatic N) is 1. The summed E-state index contributed by atoms with van der Waals surface area (Å²) in [5.41, 5.74) is 3.54. The number of piperazine rings is 1. The van der Waals surface area contributed by atoms with Crippen LogP contribution in [0.4, 0.5) is 10.1 Å². The third-order valence-electron chi connectivity index (χ3n) is 4.39. The molecule has 0 amide bonds. The van der Waals surface area contributed by atoms with E-state index in [-0.39, 0.29) is 5.82 Å². The fraction of sp³-hybridized carbons (Fsp3) is 0.316. The topological polar surface area (TPSA) is 19.7 Å². The zero-order valence-electron chi connectivity index (χ0n) is 13.9. The normalized spacial score (nSPS) is 15.3. The number of hydrogen-bond acceptors (Lipinski definition) is 1. The first-order valence-corrected chi connectivity index (χ1v) is 8.71. The zero-order valence-corrected chi connectivity index (χ0v) is 14.7. The van der Waals surface area contributed by atoms with Crippen LogP contribution in [0.5, 0.6) is 0 Å². The van der Waals surface area contributed by atoms with Crippen LogP contribution in [-0.4, -0.2) is 36.2 Å². The van der Waals surface area contributed by atoms with Crippen LogP contribution in [0.2, 0.25) is 0 Å². The second-order valence-electron chi connectivity index (χ2n) is 6.34. The molecule has 0 aliphatic carbocycles. The number of thiocarbonyl (C=S) groups is 1. The van der Waals surface area contributed by atoms with Crippen molar-refractivity contribution < 1.29 is 9.29 Å². The molecular formula is C19H23FN3S+. The molecule has 2 aromatic carbocycles. The number of rotatable bonds is 3. The molecule has 5 heteroatoms. The summed E-state index contributed by atoms with van der Waals surface area (Å²) in [6, 6.07) is 15.0. The van der Waals surface area contributed by atoms with Gasteiger partial charge in [-0.1, -0.05) is 29.8 Å². The van der Waals surface area contributed by atoms with Gasteiger partial charge in [-0.15, -0.1) is 0 Å². The lowest BCUT2D eigenvalue weighted by atomic mass is 10.1. The van der Waals surface area contributed by atoms with Crippen molar-refractivity contribution >= 4 is 23.0 Å². The van der Waals surface area contributed by atoms with Crippen molar-refractivity contribution in [2.75, 3.05) is 31.5 Å². The van der Waals surface area contributed by atoms with E-state index in [4.69, 9.17) is 12.2 Å². The Morgan fingerprint density at radius 3 is 2.54 bits per heavy atom. The second-order valence-corrected chi connectivity index (χ2v) is 6.73. The molecule has 0 unspecified atom stereocenters. The van der Waals surface area contributed by atoms with Crippen LogP contribution < -0.4 is 10.2 Å². The van der Waals surface area contributed by atoms with Gasteiger partial charge in [0.05, 0.1) is 26.2 Å². The zero-order chi connectivity index (χ0) is 16.9. The first-order chi connectivity index (χ1) is 11.6. The minimum atomic E-state index is -0.236. The Morgan fingerprint density at radius 1 is 1.17 bits per heavy atom. The Balaban J connectivity index is 1.49. The summed E-state index contributed by atoms with van der Waals surface area (Å²) in [7, 11) is 0. The van der Waals surface area contributed by atoms with Gasteiger partial charge in [-0.25, -0.2) is 4.39 Å². The molecule has 0 aromatic heterocycles. The maximum absolute atomic E-state index is 13.0. The number of aryl methyl sites for hydroxylation is 1. The van der Waals surface area contributed by atoms with Crippen LogP contribution >= 0.6 is 12.2 Å². The minimum Gasteiger partial charge on any atom is -0.338 e. The number of nitrogens with one attached hydrogen (secondary N) is 2. The lowest BCUT2D eigenvalue weighted by molar-refractivity contribution is -0.917. The summed E-state index contributed by atoms with van der Waals surface area (Å²) in [6.45, 7) is 7.21. The molecule has 3 nitrogen and oxygen atoms in total. The molecule has 1 fully saturated rings. The number of anilines is 1. The van der Waals surface area contributed by atoms with Gasteiger partial charge < -0.3 is 15.1 Å². The van der Waals surface area contributed by atoms with Crippen LogP contribution in [-0.2, 0) is 6.54 Å². The number of halogens is 1. The number of benzene rings is 2. The minimum absolute atomic E-state index is 0.236. The van der Waals surface area contributed by atoms with Crippen molar-refractivity contribution in [1.82, 2.24) is 4.90 Å². The monoisotopic (exact) mass is 344 g/mol. The Hall–Kier alpha value is -1.98. The lowest BCUT2D eigenvalue weighted by Gasteiger charge is -2.34. The van der Waals surface area contributed by atoms with Crippen LogP contribution in [0.3, 0.4) is 0 Å². The molecule has 1 aliphatic rings. The van der Waals surface area contributed by atoms with E-state index in [0.717, 1.165) is 43.5 Å². The van der Waals surface area contributed by atoms with Gasteiger partial charge >= 0.3 is 0 Å². The van der Waals surface area contributed by atoms with E-state index in [2.05, 4.69) is 41.4 Å². The second kappa shape index (κ2) is 7.73. The number of hydrogen-bond donors (Lipinski definition) is 2. The molecule has 2 aromatic rings. The first-order valence-electron chi connectivity index (χ1n) is 8.31. The average Bonchev–Trinajstić information content (AvgIpc) is 2.57. The highest BCUT2D eigenvalue weighted by Crippen LogP contribution is 2.09. The van der Waals surface area contributed by atoms with E-state index in [0.29, 0.717) is 0 Å². The van der Waals surface area contributed by atoms with Crippen molar-refractivity contribution in [2.24, 2.45) is 0 Å². The largest absolute Gasteiger partial charge is 0.338 e. The molecule has 0 spiro atoms. The van der Waals surface area contributed by atoms with Gasteiger partial charge in [0.15, 0.2) is 5.11 Å². The van der Waals surface area contributed by atoms with Gasteiger partial charge in [0.1, 0.15) is 12.4 Å². The Bertz CT molecular complexity index is 694. The van der Waals surface area contributed by atoms with Crippen molar-refractivity contribution in [2.45, 2.75) is 13.5 Å². The molecule has 24 heavy (non-hydrogen) atoms. The van der Waals surface area contributed by atoms with Crippen molar-refractivity contribution in [1.29, 1.82) is 0 Å². The quantitative estimate of drug-likeness (QED) is 0.833. The molecule has 0 radical (unpaired) electrons. The summed E-state index contributed by atoms with van der Waals surface area (Å²) in [5.74, 6) is -0.236. The summed E-state index contributed by atoms with van der Waals surface area (Å²) in [4.78, 5) is 3.78. The maximum Gasteiger partial charge on any atom is 0.173 e. The molecule has 0 atom stereocenters. The van der Waals surface area contributed by atoms with Gasteiger partial charge in [-0.3, -0.25) is 0 Å². The van der Waals surface area contributed by atoms with Crippen molar-refractivity contribution in [3.05, 3.63) is 65.5 Å². The van der Waals surface area contributed by atoms with E-state index in [1.165, 1.54) is 23.3 Å². The Kier molecular flexibility index (Phi) is 5.43.